The summed E-state index contributed by atoms with van der Waals surface area (Å²) >= 11 is 0. The van der Waals surface area contributed by atoms with Gasteiger partial charge in [-0.3, -0.25) is 9.78 Å². The number of furan rings is 1. The molecule has 1 amide bonds. The molecule has 5 rings (SSSR count). The lowest BCUT2D eigenvalue weighted by atomic mass is 9.93. The fraction of sp³-hybridized carbons (Fsp3) is 0.154. The van der Waals surface area contributed by atoms with Crippen molar-refractivity contribution in [1.82, 2.24) is 10.4 Å². The van der Waals surface area contributed by atoms with Crippen molar-refractivity contribution in [3.05, 3.63) is 89.0 Å². The van der Waals surface area contributed by atoms with Crippen LogP contribution in [-0.4, -0.2) is 27.7 Å². The highest BCUT2D eigenvalue weighted by atomic mass is 16.5. The highest BCUT2D eigenvalue weighted by Gasteiger charge is 2.29. The maximum absolute atomic E-state index is 13.0. The van der Waals surface area contributed by atoms with E-state index >= 15 is 0 Å². The lowest BCUT2D eigenvalue weighted by Gasteiger charge is -2.13. The van der Waals surface area contributed by atoms with Gasteiger partial charge in [0, 0.05) is 34.7 Å². The molecule has 1 aliphatic rings. The minimum Gasteiger partial charge on any atom is -0.508 e. The van der Waals surface area contributed by atoms with E-state index in [4.69, 9.17) is 9.15 Å². The third kappa shape index (κ3) is 4.01. The Labute approximate surface area is 194 Å². The molecule has 0 saturated heterocycles. The van der Waals surface area contributed by atoms with Gasteiger partial charge >= 0.3 is 5.97 Å². The number of fused-ring (bicyclic) bond motifs is 2. The predicted octanol–water partition coefficient (Wildman–Crippen LogP) is 4.53. The Hall–Kier alpha value is -4.46. The van der Waals surface area contributed by atoms with Gasteiger partial charge in [0.15, 0.2) is 5.75 Å². The summed E-state index contributed by atoms with van der Waals surface area (Å²) in [6.07, 6.45) is 3.70. The van der Waals surface area contributed by atoms with Gasteiger partial charge in [-0.1, -0.05) is 18.2 Å². The molecule has 1 aliphatic carbocycles. The first-order chi connectivity index (χ1) is 16.5. The molecule has 0 spiro atoms. The van der Waals surface area contributed by atoms with Crippen molar-refractivity contribution in [1.29, 1.82) is 0 Å². The maximum atomic E-state index is 13.0. The highest BCUT2D eigenvalue weighted by Crippen LogP contribution is 2.31. The van der Waals surface area contributed by atoms with Gasteiger partial charge in [0.05, 0.1) is 5.71 Å². The summed E-state index contributed by atoms with van der Waals surface area (Å²) < 4.78 is 11.5. The summed E-state index contributed by atoms with van der Waals surface area (Å²) in [6, 6.07) is 15.0. The second-order valence-electron chi connectivity index (χ2n) is 7.98. The Morgan fingerprint density at radius 3 is 2.71 bits per heavy atom. The van der Waals surface area contributed by atoms with Gasteiger partial charge in [-0.15, -0.1) is 0 Å². The van der Waals surface area contributed by atoms with Crippen LogP contribution in [0.25, 0.3) is 10.9 Å². The predicted molar refractivity (Wildman–Crippen MR) is 125 cm³/mol. The summed E-state index contributed by atoms with van der Waals surface area (Å²) in [6.45, 7) is 1.78. The van der Waals surface area contributed by atoms with Crippen molar-refractivity contribution < 1.29 is 23.8 Å². The summed E-state index contributed by atoms with van der Waals surface area (Å²) in [5, 5.41) is 14.6. The number of ether oxygens (including phenoxy) is 1. The summed E-state index contributed by atoms with van der Waals surface area (Å²) in [5.74, 6) is 0.169. The van der Waals surface area contributed by atoms with Crippen LogP contribution in [-0.2, 0) is 6.42 Å². The number of hydrazone groups is 1. The SMILES string of the molecule is Cc1c(C(=O)Oc2cccc3cccnc23)oc2c1/C(=N/NC(=O)c1ccc(O)cc1)CCC2. The maximum Gasteiger partial charge on any atom is 0.380 e. The van der Waals surface area contributed by atoms with E-state index in [1.807, 2.05) is 18.2 Å². The standard InChI is InChI=1S/C26H21N3O5/c1-15-22-19(28-29-25(31)17-10-12-18(30)13-11-17)7-3-8-20(22)33-24(15)26(32)34-21-9-2-5-16-6-4-14-27-23(16)21/h2,4-6,9-14,30H,3,7-8H2,1H3,(H,29,31)/b28-19+. The first kappa shape index (κ1) is 21.4. The number of pyridine rings is 1. The normalized spacial score (nSPS) is 14.1. The molecule has 0 radical (unpaired) electrons. The van der Waals surface area contributed by atoms with E-state index in [0.29, 0.717) is 46.7 Å². The molecule has 0 atom stereocenters. The van der Waals surface area contributed by atoms with E-state index in [0.717, 1.165) is 17.4 Å². The molecule has 2 aromatic carbocycles. The lowest BCUT2D eigenvalue weighted by Crippen LogP contribution is -2.22. The summed E-state index contributed by atoms with van der Waals surface area (Å²) in [7, 11) is 0. The Bertz CT molecular complexity index is 1430. The fourth-order valence-corrected chi connectivity index (χ4v) is 4.08. The summed E-state index contributed by atoms with van der Waals surface area (Å²) in [4.78, 5) is 29.7. The Kier molecular flexibility index (Phi) is 5.55. The Morgan fingerprint density at radius 1 is 1.09 bits per heavy atom. The van der Waals surface area contributed by atoms with Crippen molar-refractivity contribution in [2.24, 2.45) is 5.10 Å². The van der Waals surface area contributed by atoms with Gasteiger partial charge < -0.3 is 14.3 Å². The molecule has 170 valence electrons. The molecule has 2 aromatic heterocycles. The van der Waals surface area contributed by atoms with Crippen molar-refractivity contribution in [3.8, 4) is 11.5 Å². The minimum absolute atomic E-state index is 0.0764. The number of hydrogen-bond acceptors (Lipinski definition) is 7. The Morgan fingerprint density at radius 2 is 1.88 bits per heavy atom. The monoisotopic (exact) mass is 455 g/mol. The Balaban J connectivity index is 1.40. The zero-order valence-electron chi connectivity index (χ0n) is 18.4. The van der Waals surface area contributed by atoms with E-state index in [9.17, 15) is 14.7 Å². The number of carbonyl (C=O) groups excluding carboxylic acids is 2. The molecule has 0 unspecified atom stereocenters. The molecule has 2 heterocycles. The number of hydrogen-bond donors (Lipinski definition) is 2. The molecule has 2 N–H and O–H groups in total. The number of nitrogens with zero attached hydrogens (tertiary/aromatic N) is 2. The number of amides is 1. The minimum atomic E-state index is -0.613. The van der Waals surface area contributed by atoms with Crippen molar-refractivity contribution in [2.45, 2.75) is 26.2 Å². The number of benzene rings is 2. The molecule has 34 heavy (non-hydrogen) atoms. The number of carbonyl (C=O) groups is 2. The molecule has 0 fully saturated rings. The largest absolute Gasteiger partial charge is 0.508 e. The van der Waals surface area contributed by atoms with E-state index in [-0.39, 0.29) is 11.5 Å². The topological polar surface area (TPSA) is 114 Å². The molecular formula is C26H21N3O5. The van der Waals surface area contributed by atoms with Crippen LogP contribution in [0.5, 0.6) is 11.5 Å². The average Bonchev–Trinajstić information content (AvgIpc) is 3.20. The van der Waals surface area contributed by atoms with Crippen molar-refractivity contribution >= 4 is 28.5 Å². The molecule has 4 aromatic rings. The quantitative estimate of drug-likeness (QED) is 0.265. The van der Waals surface area contributed by atoms with Crippen LogP contribution in [0.15, 0.2) is 70.3 Å². The number of aromatic hydroxyl groups is 1. The van der Waals surface area contributed by atoms with Crippen LogP contribution in [0.1, 0.15) is 50.6 Å². The van der Waals surface area contributed by atoms with Gasteiger partial charge in [-0.25, -0.2) is 10.2 Å². The zero-order chi connectivity index (χ0) is 23.7. The molecule has 0 aliphatic heterocycles. The van der Waals surface area contributed by atoms with E-state index in [1.54, 1.807) is 25.3 Å². The molecule has 0 bridgehead atoms. The van der Waals surface area contributed by atoms with E-state index < -0.39 is 11.9 Å². The summed E-state index contributed by atoms with van der Waals surface area (Å²) in [5.41, 5.74) is 5.49. The van der Waals surface area contributed by atoms with Gasteiger partial charge in [0.1, 0.15) is 17.0 Å². The van der Waals surface area contributed by atoms with E-state index in [2.05, 4.69) is 15.5 Å². The number of aryl methyl sites for hydroxylation is 1. The van der Waals surface area contributed by atoms with Crippen molar-refractivity contribution in [3.63, 3.8) is 0 Å². The number of phenols is 1. The van der Waals surface area contributed by atoms with Crippen LogP contribution >= 0.6 is 0 Å². The molecule has 8 nitrogen and oxygen atoms in total. The number of phenolic OH excluding ortho intramolecular Hbond substituents is 1. The van der Waals surface area contributed by atoms with Gasteiger partial charge in [-0.2, -0.15) is 5.10 Å². The van der Waals surface area contributed by atoms with Crippen LogP contribution in [0.2, 0.25) is 0 Å². The van der Waals surface area contributed by atoms with Crippen LogP contribution in [0.4, 0.5) is 0 Å². The van der Waals surface area contributed by atoms with Crippen LogP contribution in [0.3, 0.4) is 0 Å². The fourth-order valence-electron chi connectivity index (χ4n) is 4.08. The molecule has 8 heteroatoms. The average molecular weight is 455 g/mol. The number of para-hydroxylation sites is 1. The molecular weight excluding hydrogens is 434 g/mol. The number of aromatic nitrogens is 1. The van der Waals surface area contributed by atoms with Crippen LogP contribution < -0.4 is 10.2 Å². The first-order valence-corrected chi connectivity index (χ1v) is 10.9. The number of esters is 1. The number of rotatable bonds is 4. The van der Waals surface area contributed by atoms with Crippen LogP contribution in [0, 0.1) is 6.92 Å². The smallest absolute Gasteiger partial charge is 0.380 e. The third-order valence-electron chi connectivity index (χ3n) is 5.73. The number of nitrogens with one attached hydrogen (secondary N) is 1. The van der Waals surface area contributed by atoms with Crippen molar-refractivity contribution in [2.75, 3.05) is 0 Å². The zero-order valence-corrected chi connectivity index (χ0v) is 18.4. The highest BCUT2D eigenvalue weighted by molar-refractivity contribution is 6.07. The lowest BCUT2D eigenvalue weighted by molar-refractivity contribution is 0.0700. The van der Waals surface area contributed by atoms with E-state index in [1.165, 1.54) is 24.3 Å². The third-order valence-corrected chi connectivity index (χ3v) is 5.73. The second kappa shape index (κ2) is 8.82. The van der Waals surface area contributed by atoms with Gasteiger partial charge in [0.2, 0.25) is 5.76 Å². The van der Waals surface area contributed by atoms with Gasteiger partial charge in [0.25, 0.3) is 5.91 Å². The first-order valence-electron chi connectivity index (χ1n) is 10.9. The molecule has 0 saturated carbocycles. The van der Waals surface area contributed by atoms with Gasteiger partial charge in [-0.05, 0) is 56.2 Å². The second-order valence-corrected chi connectivity index (χ2v) is 7.98.